The highest BCUT2D eigenvalue weighted by Crippen LogP contribution is 2.24. The maximum atomic E-state index is 12.2. The molecular formula is C13H17NO5S. The molecule has 110 valence electrons. The molecule has 1 amide bonds. The Bertz CT molecular complexity index is 611. The molecule has 7 heteroatoms. The number of nitrogens with one attached hydrogen (secondary N) is 1. The van der Waals surface area contributed by atoms with Crippen LogP contribution in [0.2, 0.25) is 0 Å². The number of carbonyl (C=O) groups is 1. The number of rotatable bonds is 4. The summed E-state index contributed by atoms with van der Waals surface area (Å²) in [5, 5.41) is 2.72. The molecule has 1 aromatic carbocycles. The van der Waals surface area contributed by atoms with Gasteiger partial charge in [-0.25, -0.2) is 8.42 Å². The Morgan fingerprint density at radius 1 is 1.30 bits per heavy atom. The van der Waals surface area contributed by atoms with E-state index in [1.165, 1.54) is 14.2 Å². The second-order valence-corrected chi connectivity index (χ2v) is 6.87. The average Bonchev–Trinajstić information content (AvgIpc) is 2.77. The van der Waals surface area contributed by atoms with Crippen LogP contribution in [0.1, 0.15) is 16.8 Å². The summed E-state index contributed by atoms with van der Waals surface area (Å²) in [6.07, 6.45) is 0.445. The number of hydrogen-bond donors (Lipinski definition) is 1. The molecule has 0 aromatic heterocycles. The molecule has 1 aromatic rings. The van der Waals surface area contributed by atoms with Crippen LogP contribution in [0.4, 0.5) is 0 Å². The molecule has 0 spiro atoms. The summed E-state index contributed by atoms with van der Waals surface area (Å²) in [7, 11) is -0.0446. The largest absolute Gasteiger partial charge is 0.497 e. The van der Waals surface area contributed by atoms with Gasteiger partial charge in [0.05, 0.1) is 31.3 Å². The maximum absolute atomic E-state index is 12.2. The van der Waals surface area contributed by atoms with Gasteiger partial charge in [-0.05, 0) is 24.6 Å². The molecule has 1 unspecified atom stereocenters. The molecule has 0 saturated carbocycles. The summed E-state index contributed by atoms with van der Waals surface area (Å²) in [5.41, 5.74) is 0.330. The van der Waals surface area contributed by atoms with Gasteiger partial charge in [0.25, 0.3) is 5.91 Å². The number of ether oxygens (including phenoxy) is 2. The minimum Gasteiger partial charge on any atom is -0.497 e. The zero-order valence-corrected chi connectivity index (χ0v) is 12.2. The topological polar surface area (TPSA) is 81.7 Å². The Morgan fingerprint density at radius 3 is 2.60 bits per heavy atom. The predicted molar refractivity (Wildman–Crippen MR) is 74.1 cm³/mol. The van der Waals surface area contributed by atoms with Gasteiger partial charge < -0.3 is 14.8 Å². The van der Waals surface area contributed by atoms with Crippen LogP contribution >= 0.6 is 0 Å². The minimum absolute atomic E-state index is 0.00890. The van der Waals surface area contributed by atoms with Crippen molar-refractivity contribution < 1.29 is 22.7 Å². The molecule has 0 aliphatic carbocycles. The number of benzene rings is 1. The van der Waals surface area contributed by atoms with E-state index >= 15 is 0 Å². The van der Waals surface area contributed by atoms with Crippen LogP contribution in [0.3, 0.4) is 0 Å². The molecule has 1 aliphatic rings. The molecule has 1 atom stereocenters. The van der Waals surface area contributed by atoms with E-state index in [9.17, 15) is 13.2 Å². The van der Waals surface area contributed by atoms with Crippen molar-refractivity contribution in [2.45, 2.75) is 12.5 Å². The van der Waals surface area contributed by atoms with E-state index in [0.717, 1.165) is 0 Å². The molecule has 0 radical (unpaired) electrons. The maximum Gasteiger partial charge on any atom is 0.255 e. The van der Waals surface area contributed by atoms with Gasteiger partial charge in [0.2, 0.25) is 0 Å². The second kappa shape index (κ2) is 5.70. The van der Waals surface area contributed by atoms with Crippen LogP contribution in [-0.4, -0.2) is 46.1 Å². The third kappa shape index (κ3) is 3.22. The van der Waals surface area contributed by atoms with Crippen LogP contribution in [0.5, 0.6) is 11.5 Å². The molecule has 1 aliphatic heterocycles. The van der Waals surface area contributed by atoms with E-state index in [1.807, 2.05) is 0 Å². The van der Waals surface area contributed by atoms with Crippen LogP contribution < -0.4 is 14.8 Å². The first-order chi connectivity index (χ1) is 9.45. The first kappa shape index (κ1) is 14.6. The second-order valence-electron chi connectivity index (χ2n) is 4.64. The molecule has 1 saturated heterocycles. The van der Waals surface area contributed by atoms with E-state index in [2.05, 4.69) is 5.32 Å². The summed E-state index contributed by atoms with van der Waals surface area (Å²) in [6.45, 7) is 0. The summed E-state index contributed by atoms with van der Waals surface area (Å²) < 4.78 is 33.0. The van der Waals surface area contributed by atoms with Crippen molar-refractivity contribution in [3.63, 3.8) is 0 Å². The first-order valence-corrected chi connectivity index (χ1v) is 8.00. The Balaban J connectivity index is 2.16. The number of sulfone groups is 1. The van der Waals surface area contributed by atoms with Gasteiger partial charge in [-0.15, -0.1) is 0 Å². The molecule has 1 N–H and O–H groups in total. The molecule has 0 bridgehead atoms. The average molecular weight is 299 g/mol. The number of amides is 1. The summed E-state index contributed by atoms with van der Waals surface area (Å²) in [6, 6.07) is 4.55. The van der Waals surface area contributed by atoms with Crippen LogP contribution in [0.15, 0.2) is 18.2 Å². The number of carbonyl (C=O) groups excluding carboxylic acids is 1. The lowest BCUT2D eigenvalue weighted by Gasteiger charge is -2.14. The third-order valence-corrected chi connectivity index (χ3v) is 4.99. The smallest absolute Gasteiger partial charge is 0.255 e. The van der Waals surface area contributed by atoms with E-state index in [4.69, 9.17) is 9.47 Å². The SMILES string of the molecule is COc1ccc(OC)c(C(=O)NC2CCS(=O)(=O)C2)c1. The van der Waals surface area contributed by atoms with Gasteiger partial charge in [-0.3, -0.25) is 4.79 Å². The highest BCUT2D eigenvalue weighted by atomic mass is 32.2. The van der Waals surface area contributed by atoms with Crippen LogP contribution in [0, 0.1) is 0 Å². The quantitative estimate of drug-likeness (QED) is 0.881. The summed E-state index contributed by atoms with van der Waals surface area (Å²) in [5.74, 6) is 0.708. The van der Waals surface area contributed by atoms with Gasteiger partial charge in [-0.1, -0.05) is 0 Å². The monoisotopic (exact) mass is 299 g/mol. The molecule has 2 rings (SSSR count). The van der Waals surface area contributed by atoms with Crippen molar-refractivity contribution in [3.05, 3.63) is 23.8 Å². The van der Waals surface area contributed by atoms with E-state index < -0.39 is 9.84 Å². The first-order valence-electron chi connectivity index (χ1n) is 6.18. The van der Waals surface area contributed by atoms with E-state index in [1.54, 1.807) is 18.2 Å². The van der Waals surface area contributed by atoms with Gasteiger partial charge >= 0.3 is 0 Å². The highest BCUT2D eigenvalue weighted by molar-refractivity contribution is 7.91. The standard InChI is InChI=1S/C13H17NO5S/c1-18-10-3-4-12(19-2)11(7-10)13(15)14-9-5-6-20(16,17)8-9/h3-4,7,9H,5-6,8H2,1-2H3,(H,14,15). The van der Waals surface area contributed by atoms with Crippen LogP contribution in [-0.2, 0) is 9.84 Å². The minimum atomic E-state index is -3.02. The molecule has 1 heterocycles. The summed E-state index contributed by atoms with van der Waals surface area (Å²) >= 11 is 0. The Hall–Kier alpha value is -1.76. The van der Waals surface area contributed by atoms with Crippen LogP contribution in [0.25, 0.3) is 0 Å². The molecular weight excluding hydrogens is 282 g/mol. The van der Waals surface area contributed by atoms with E-state index in [0.29, 0.717) is 23.5 Å². The number of hydrogen-bond acceptors (Lipinski definition) is 5. The zero-order valence-electron chi connectivity index (χ0n) is 11.4. The van der Waals surface area contributed by atoms with Crippen molar-refractivity contribution in [1.82, 2.24) is 5.32 Å². The van der Waals surface area contributed by atoms with Crippen molar-refractivity contribution in [2.75, 3.05) is 25.7 Å². The lowest BCUT2D eigenvalue weighted by Crippen LogP contribution is -2.35. The Morgan fingerprint density at radius 2 is 2.05 bits per heavy atom. The lowest BCUT2D eigenvalue weighted by molar-refractivity contribution is 0.0937. The van der Waals surface area contributed by atoms with Crippen molar-refractivity contribution in [3.8, 4) is 11.5 Å². The fraction of sp³-hybridized carbons (Fsp3) is 0.462. The molecule has 1 fully saturated rings. The highest BCUT2D eigenvalue weighted by Gasteiger charge is 2.29. The van der Waals surface area contributed by atoms with Crippen molar-refractivity contribution in [1.29, 1.82) is 0 Å². The fourth-order valence-electron chi connectivity index (χ4n) is 2.16. The summed E-state index contributed by atoms with van der Waals surface area (Å²) in [4.78, 5) is 12.2. The van der Waals surface area contributed by atoms with Crippen molar-refractivity contribution in [2.24, 2.45) is 0 Å². The normalized spacial score (nSPS) is 20.4. The van der Waals surface area contributed by atoms with Gasteiger partial charge in [0, 0.05) is 6.04 Å². The Labute approximate surface area is 118 Å². The number of methoxy groups -OCH3 is 2. The fourth-order valence-corrected chi connectivity index (χ4v) is 3.84. The predicted octanol–water partition coefficient (Wildman–Crippen LogP) is 0.621. The zero-order chi connectivity index (χ0) is 14.8. The molecule has 6 nitrogen and oxygen atoms in total. The Kier molecular flexibility index (Phi) is 4.17. The van der Waals surface area contributed by atoms with E-state index in [-0.39, 0.29) is 23.5 Å². The van der Waals surface area contributed by atoms with Crippen molar-refractivity contribution >= 4 is 15.7 Å². The van der Waals surface area contributed by atoms with Gasteiger partial charge in [-0.2, -0.15) is 0 Å². The van der Waals surface area contributed by atoms with Gasteiger partial charge in [0.1, 0.15) is 11.5 Å². The lowest BCUT2D eigenvalue weighted by atomic mass is 10.1. The van der Waals surface area contributed by atoms with Gasteiger partial charge in [0.15, 0.2) is 9.84 Å². The third-order valence-electron chi connectivity index (χ3n) is 3.22. The molecule has 20 heavy (non-hydrogen) atoms.